The molecule has 1 saturated heterocycles. The Morgan fingerprint density at radius 2 is 2.22 bits per heavy atom. The highest BCUT2D eigenvalue weighted by Gasteiger charge is 2.28. The van der Waals surface area contributed by atoms with E-state index in [1.165, 1.54) is 0 Å². The van der Waals surface area contributed by atoms with Crippen LogP contribution in [-0.2, 0) is 6.42 Å². The van der Waals surface area contributed by atoms with E-state index in [1.807, 2.05) is 11.8 Å². The van der Waals surface area contributed by atoms with Gasteiger partial charge in [0.2, 0.25) is 0 Å². The maximum absolute atomic E-state index is 11.8. The number of piperazine rings is 1. The predicted molar refractivity (Wildman–Crippen MR) is 77.4 cm³/mol. The molecule has 0 spiro atoms. The third-order valence-electron chi connectivity index (χ3n) is 3.48. The molecule has 1 aromatic heterocycles. The Bertz CT molecular complexity index is 499. The molecular formula is C12H16BrN3OS. The van der Waals surface area contributed by atoms with E-state index in [0.29, 0.717) is 5.25 Å². The first-order valence-corrected chi connectivity index (χ1v) is 7.91. The molecule has 2 N–H and O–H groups in total. The van der Waals surface area contributed by atoms with E-state index in [4.69, 9.17) is 0 Å². The SMILES string of the molecule is O=c1[nH]cc(Br)c2c1CC(CN1CCNCC1)S2. The van der Waals surface area contributed by atoms with Gasteiger partial charge in [0.1, 0.15) is 0 Å². The van der Waals surface area contributed by atoms with Crippen molar-refractivity contribution in [2.45, 2.75) is 16.6 Å². The van der Waals surface area contributed by atoms with Crippen molar-refractivity contribution >= 4 is 27.7 Å². The number of aromatic nitrogens is 1. The van der Waals surface area contributed by atoms with Crippen LogP contribution in [0.25, 0.3) is 0 Å². The number of rotatable bonds is 2. The molecule has 4 nitrogen and oxygen atoms in total. The lowest BCUT2D eigenvalue weighted by Crippen LogP contribution is -2.45. The quantitative estimate of drug-likeness (QED) is 0.851. The summed E-state index contributed by atoms with van der Waals surface area (Å²) in [5, 5.41) is 3.88. The van der Waals surface area contributed by atoms with Crippen LogP contribution in [0, 0.1) is 0 Å². The van der Waals surface area contributed by atoms with Crippen molar-refractivity contribution in [3.63, 3.8) is 0 Å². The number of pyridine rings is 1. The lowest BCUT2D eigenvalue weighted by atomic mass is 10.1. The molecule has 98 valence electrons. The molecule has 3 heterocycles. The molecule has 3 rings (SSSR count). The van der Waals surface area contributed by atoms with E-state index in [9.17, 15) is 4.79 Å². The van der Waals surface area contributed by atoms with Crippen LogP contribution in [0.15, 0.2) is 20.4 Å². The molecule has 1 atom stereocenters. The zero-order valence-corrected chi connectivity index (χ0v) is 12.4. The lowest BCUT2D eigenvalue weighted by molar-refractivity contribution is 0.242. The van der Waals surface area contributed by atoms with Crippen LogP contribution < -0.4 is 10.9 Å². The van der Waals surface area contributed by atoms with Gasteiger partial charge in [0, 0.05) is 59.1 Å². The Morgan fingerprint density at radius 3 is 2.94 bits per heavy atom. The third-order valence-corrected chi connectivity index (χ3v) is 5.72. The molecule has 0 aromatic carbocycles. The van der Waals surface area contributed by atoms with Gasteiger partial charge in [-0.15, -0.1) is 11.8 Å². The highest BCUT2D eigenvalue weighted by atomic mass is 79.9. The number of H-pyrrole nitrogens is 1. The maximum Gasteiger partial charge on any atom is 0.252 e. The second-order valence-corrected chi connectivity index (χ2v) is 6.93. The fourth-order valence-electron chi connectivity index (χ4n) is 2.56. The predicted octanol–water partition coefficient (Wildman–Crippen LogP) is 1.06. The third kappa shape index (κ3) is 2.52. The van der Waals surface area contributed by atoms with Crippen LogP contribution in [0.1, 0.15) is 5.56 Å². The Labute approximate surface area is 119 Å². The smallest absolute Gasteiger partial charge is 0.252 e. The number of nitrogens with zero attached hydrogens (tertiary/aromatic N) is 1. The van der Waals surface area contributed by atoms with Gasteiger partial charge in [-0.2, -0.15) is 0 Å². The number of aromatic amines is 1. The van der Waals surface area contributed by atoms with Crippen LogP contribution in [0.4, 0.5) is 0 Å². The number of halogens is 1. The van der Waals surface area contributed by atoms with Gasteiger partial charge in [0.25, 0.3) is 5.56 Å². The summed E-state index contributed by atoms with van der Waals surface area (Å²) < 4.78 is 1.02. The molecule has 0 bridgehead atoms. The molecule has 0 amide bonds. The molecule has 0 aliphatic carbocycles. The van der Waals surface area contributed by atoms with E-state index < -0.39 is 0 Å². The monoisotopic (exact) mass is 329 g/mol. The highest BCUT2D eigenvalue weighted by Crippen LogP contribution is 2.39. The molecule has 2 aliphatic heterocycles. The number of hydrogen-bond donors (Lipinski definition) is 2. The van der Waals surface area contributed by atoms with Crippen molar-refractivity contribution in [3.05, 3.63) is 26.6 Å². The molecular weight excluding hydrogens is 314 g/mol. The van der Waals surface area contributed by atoms with Crippen molar-refractivity contribution in [1.82, 2.24) is 15.2 Å². The van der Waals surface area contributed by atoms with E-state index in [2.05, 4.69) is 31.1 Å². The fraction of sp³-hybridized carbons (Fsp3) is 0.583. The van der Waals surface area contributed by atoms with Gasteiger partial charge in [-0.05, 0) is 22.4 Å². The number of hydrogen-bond acceptors (Lipinski definition) is 4. The highest BCUT2D eigenvalue weighted by molar-refractivity contribution is 9.10. The number of fused-ring (bicyclic) bond motifs is 1. The summed E-state index contributed by atoms with van der Waals surface area (Å²) in [4.78, 5) is 18.2. The van der Waals surface area contributed by atoms with E-state index in [0.717, 1.165) is 54.1 Å². The summed E-state index contributed by atoms with van der Waals surface area (Å²) in [5.41, 5.74) is 1.03. The topological polar surface area (TPSA) is 48.1 Å². The van der Waals surface area contributed by atoms with Crippen molar-refractivity contribution in [1.29, 1.82) is 0 Å². The summed E-state index contributed by atoms with van der Waals surface area (Å²) in [6.07, 6.45) is 2.64. The van der Waals surface area contributed by atoms with Crippen molar-refractivity contribution in [3.8, 4) is 0 Å². The van der Waals surface area contributed by atoms with Crippen LogP contribution in [0.3, 0.4) is 0 Å². The normalized spacial score (nSPS) is 24.2. The van der Waals surface area contributed by atoms with Gasteiger partial charge in [-0.25, -0.2) is 0 Å². The molecule has 18 heavy (non-hydrogen) atoms. The van der Waals surface area contributed by atoms with Crippen LogP contribution in [-0.4, -0.2) is 47.9 Å². The Hall–Kier alpha value is -0.300. The molecule has 1 fully saturated rings. The average molecular weight is 330 g/mol. The first-order chi connectivity index (χ1) is 8.74. The minimum atomic E-state index is 0.0727. The minimum absolute atomic E-state index is 0.0727. The van der Waals surface area contributed by atoms with Crippen molar-refractivity contribution in [2.24, 2.45) is 0 Å². The van der Waals surface area contributed by atoms with Crippen molar-refractivity contribution in [2.75, 3.05) is 32.7 Å². The average Bonchev–Trinajstić information content (AvgIpc) is 2.80. The van der Waals surface area contributed by atoms with Gasteiger partial charge in [0.15, 0.2) is 0 Å². The molecule has 1 aromatic rings. The lowest BCUT2D eigenvalue weighted by Gasteiger charge is -2.29. The zero-order valence-electron chi connectivity index (χ0n) is 10.0. The van der Waals surface area contributed by atoms with Crippen LogP contribution >= 0.6 is 27.7 Å². The van der Waals surface area contributed by atoms with Crippen LogP contribution in [0.5, 0.6) is 0 Å². The van der Waals surface area contributed by atoms with Gasteiger partial charge in [0.05, 0.1) is 0 Å². The van der Waals surface area contributed by atoms with Gasteiger partial charge < -0.3 is 10.3 Å². The number of nitrogens with one attached hydrogen (secondary N) is 2. The molecule has 1 unspecified atom stereocenters. The summed E-state index contributed by atoms with van der Waals surface area (Å²) in [6, 6.07) is 0. The Morgan fingerprint density at radius 1 is 1.44 bits per heavy atom. The fourth-order valence-corrected chi connectivity index (χ4v) is 4.55. The number of thioether (sulfide) groups is 1. The minimum Gasteiger partial charge on any atom is -0.328 e. The van der Waals surface area contributed by atoms with E-state index in [1.54, 1.807) is 6.20 Å². The van der Waals surface area contributed by atoms with Gasteiger partial charge in [-0.3, -0.25) is 9.69 Å². The summed E-state index contributed by atoms with van der Waals surface area (Å²) in [5.74, 6) is 0. The first kappa shape index (κ1) is 12.7. The summed E-state index contributed by atoms with van der Waals surface area (Å²) in [6.45, 7) is 5.46. The molecule has 6 heteroatoms. The Balaban J connectivity index is 1.71. The Kier molecular flexibility index (Phi) is 3.79. The van der Waals surface area contributed by atoms with E-state index >= 15 is 0 Å². The largest absolute Gasteiger partial charge is 0.328 e. The second-order valence-electron chi connectivity index (χ2n) is 4.77. The molecule has 0 radical (unpaired) electrons. The van der Waals surface area contributed by atoms with Gasteiger partial charge in [-0.1, -0.05) is 0 Å². The van der Waals surface area contributed by atoms with E-state index in [-0.39, 0.29) is 5.56 Å². The zero-order chi connectivity index (χ0) is 12.5. The second kappa shape index (κ2) is 5.36. The molecule has 0 saturated carbocycles. The van der Waals surface area contributed by atoms with Gasteiger partial charge >= 0.3 is 0 Å². The summed E-state index contributed by atoms with van der Waals surface area (Å²) in [7, 11) is 0. The maximum atomic E-state index is 11.8. The summed E-state index contributed by atoms with van der Waals surface area (Å²) >= 11 is 5.36. The molecule has 2 aliphatic rings. The van der Waals surface area contributed by atoms with Crippen molar-refractivity contribution < 1.29 is 0 Å². The van der Waals surface area contributed by atoms with Crippen LogP contribution in [0.2, 0.25) is 0 Å². The standard InChI is InChI=1S/C12H16BrN3OS/c13-10-6-15-12(17)9-5-8(18-11(9)10)7-16-3-1-14-2-4-16/h6,8,14H,1-5,7H2,(H,15,17). The first-order valence-electron chi connectivity index (χ1n) is 6.24.